The van der Waals surface area contributed by atoms with Crippen molar-refractivity contribution in [1.29, 1.82) is 0 Å². The molecule has 8 nitrogen and oxygen atoms in total. The molecule has 1 aliphatic carbocycles. The quantitative estimate of drug-likeness (QED) is 0.272. The largest absolute Gasteiger partial charge is 0.399 e. The number of pyridine rings is 1. The summed E-state index contributed by atoms with van der Waals surface area (Å²) in [6.45, 7) is 3.27. The number of nitrogens with zero attached hydrogens (tertiary/aromatic N) is 2. The number of anilines is 2. The number of carbonyl (C=O) groups is 2. The highest BCUT2D eigenvalue weighted by Crippen LogP contribution is 2.42. The Morgan fingerprint density at radius 1 is 1.00 bits per heavy atom. The first kappa shape index (κ1) is 27.6. The monoisotopic (exact) mass is 541 g/mol. The molecule has 2 aromatic carbocycles. The van der Waals surface area contributed by atoms with E-state index in [1.165, 1.54) is 12.8 Å². The number of hydrogen-bond donors (Lipinski definition) is 3. The van der Waals surface area contributed by atoms with Gasteiger partial charge in [0.25, 0.3) is 5.91 Å². The molecule has 0 bridgehead atoms. The molecule has 1 aliphatic heterocycles. The average Bonchev–Trinajstić information content (AvgIpc) is 3.36. The average molecular weight is 542 g/mol. The van der Waals surface area contributed by atoms with E-state index in [1.54, 1.807) is 7.11 Å². The second kappa shape index (κ2) is 12.5. The minimum atomic E-state index is -0.214. The first-order valence-electron chi connectivity index (χ1n) is 14.2. The summed E-state index contributed by atoms with van der Waals surface area (Å²) < 4.78 is 5.13. The van der Waals surface area contributed by atoms with Crippen molar-refractivity contribution in [3.63, 3.8) is 0 Å². The number of carbonyl (C=O) groups excluding carboxylic acids is 2. The highest BCUT2D eigenvalue weighted by molar-refractivity contribution is 5.94. The van der Waals surface area contributed by atoms with Crippen LogP contribution < -0.4 is 21.3 Å². The predicted molar refractivity (Wildman–Crippen MR) is 158 cm³/mol. The number of nitrogens with two attached hydrogens (primary N) is 1. The van der Waals surface area contributed by atoms with Crippen LogP contribution in [0.25, 0.3) is 11.1 Å². The number of fused-ring (bicyclic) bond motifs is 1. The molecule has 2 aliphatic rings. The van der Waals surface area contributed by atoms with Gasteiger partial charge in [-0.1, -0.05) is 37.1 Å². The first-order valence-corrected chi connectivity index (χ1v) is 14.2. The lowest BCUT2D eigenvalue weighted by atomic mass is 9.84. The van der Waals surface area contributed by atoms with Gasteiger partial charge in [0.2, 0.25) is 5.91 Å². The van der Waals surface area contributed by atoms with Crippen molar-refractivity contribution in [1.82, 2.24) is 15.6 Å². The summed E-state index contributed by atoms with van der Waals surface area (Å²) in [6, 6.07) is 19.4. The van der Waals surface area contributed by atoms with E-state index in [9.17, 15) is 9.59 Å². The van der Waals surface area contributed by atoms with Crippen molar-refractivity contribution in [2.45, 2.75) is 57.7 Å². The fourth-order valence-electron chi connectivity index (χ4n) is 6.18. The van der Waals surface area contributed by atoms with Gasteiger partial charge in [-0.15, -0.1) is 0 Å². The highest BCUT2D eigenvalue weighted by Gasteiger charge is 2.45. The maximum Gasteiger partial charge on any atom is 0.251 e. The van der Waals surface area contributed by atoms with E-state index in [0.29, 0.717) is 37.2 Å². The number of hydrogen-bond acceptors (Lipinski definition) is 6. The Morgan fingerprint density at radius 2 is 1.70 bits per heavy atom. The van der Waals surface area contributed by atoms with Crippen molar-refractivity contribution in [3.8, 4) is 11.1 Å². The van der Waals surface area contributed by atoms with Gasteiger partial charge in [0, 0.05) is 42.3 Å². The summed E-state index contributed by atoms with van der Waals surface area (Å²) in [7, 11) is 1.64. The number of aryl methyl sites for hydroxylation is 1. The van der Waals surface area contributed by atoms with Gasteiger partial charge in [-0.05, 0) is 79.6 Å². The Bertz CT molecular complexity index is 1330. The van der Waals surface area contributed by atoms with Crippen molar-refractivity contribution in [2.24, 2.45) is 5.92 Å². The van der Waals surface area contributed by atoms with Crippen molar-refractivity contribution in [2.75, 3.05) is 30.9 Å². The Kier molecular flexibility index (Phi) is 8.65. The molecule has 1 aromatic heterocycles. The van der Waals surface area contributed by atoms with Crippen LogP contribution in [0.5, 0.6) is 0 Å². The molecule has 3 atom stereocenters. The fourth-order valence-corrected chi connectivity index (χ4v) is 6.18. The lowest BCUT2D eigenvalue weighted by Gasteiger charge is -2.35. The third-order valence-electron chi connectivity index (χ3n) is 8.11. The van der Waals surface area contributed by atoms with E-state index < -0.39 is 0 Å². The number of methoxy groups -OCH3 is 1. The zero-order valence-electron chi connectivity index (χ0n) is 23.4. The Labute approximate surface area is 236 Å². The number of aromatic nitrogens is 1. The van der Waals surface area contributed by atoms with Crippen LogP contribution in [0.2, 0.25) is 0 Å². The van der Waals surface area contributed by atoms with Gasteiger partial charge >= 0.3 is 0 Å². The van der Waals surface area contributed by atoms with Gasteiger partial charge in [-0.2, -0.15) is 0 Å². The molecular weight excluding hydrogens is 502 g/mol. The Balaban J connectivity index is 1.29. The molecule has 4 N–H and O–H groups in total. The van der Waals surface area contributed by atoms with Crippen molar-refractivity contribution < 1.29 is 14.3 Å². The third kappa shape index (κ3) is 6.28. The van der Waals surface area contributed by atoms with Crippen LogP contribution in [-0.4, -0.2) is 49.1 Å². The standard InChI is InChI=1S/C32H39N5O3/c1-21-17-28(37-29-6-4-3-5-25(29)18-30(37)32(39)34-15-16-40-2)19-27(36-21)20-35-31(38)24-9-7-22(8-10-24)23-11-13-26(33)14-12-23/h7-14,17,19,25,29-30H,3-6,15-16,18,20,33H2,1-2H3,(H,34,39)(H,35,38)/t25-,29-,30-/m0/s1. The molecule has 0 spiro atoms. The summed E-state index contributed by atoms with van der Waals surface area (Å²) in [5.41, 5.74) is 11.8. The smallest absolute Gasteiger partial charge is 0.251 e. The second-order valence-electron chi connectivity index (χ2n) is 10.9. The van der Waals surface area contributed by atoms with Crippen molar-refractivity contribution >= 4 is 23.2 Å². The van der Waals surface area contributed by atoms with Crippen LogP contribution >= 0.6 is 0 Å². The fraction of sp³-hybridized carbons (Fsp3) is 0.406. The predicted octanol–water partition coefficient (Wildman–Crippen LogP) is 4.47. The summed E-state index contributed by atoms with van der Waals surface area (Å²) in [4.78, 5) is 33.2. The molecule has 5 rings (SSSR count). The van der Waals surface area contributed by atoms with Crippen LogP contribution in [0.1, 0.15) is 53.8 Å². The number of amides is 2. The lowest BCUT2D eigenvalue weighted by molar-refractivity contribution is -0.122. The summed E-state index contributed by atoms with van der Waals surface area (Å²) in [6.07, 6.45) is 5.52. The first-order chi connectivity index (χ1) is 19.4. The number of nitrogen functional groups attached to an aromatic ring is 1. The SMILES string of the molecule is COCCNC(=O)[C@@H]1C[C@@H]2CCCC[C@@H]2N1c1cc(C)nc(CNC(=O)c2ccc(-c3ccc(N)cc3)cc2)c1. The zero-order valence-corrected chi connectivity index (χ0v) is 23.4. The zero-order chi connectivity index (χ0) is 28.1. The molecule has 1 saturated carbocycles. The normalized spacial score (nSPS) is 20.1. The molecular formula is C32H39N5O3. The van der Waals surface area contributed by atoms with Gasteiger partial charge < -0.3 is 26.0 Å². The van der Waals surface area contributed by atoms with Crippen LogP contribution in [0.3, 0.4) is 0 Å². The van der Waals surface area contributed by atoms with Crippen LogP contribution in [-0.2, 0) is 16.1 Å². The van der Waals surface area contributed by atoms with E-state index in [1.807, 2.05) is 61.5 Å². The number of rotatable bonds is 9. The van der Waals surface area contributed by atoms with Crippen LogP contribution in [0.4, 0.5) is 11.4 Å². The summed E-state index contributed by atoms with van der Waals surface area (Å²) >= 11 is 0. The molecule has 0 radical (unpaired) electrons. The maximum absolute atomic E-state index is 13.2. The molecule has 0 unspecified atom stereocenters. The van der Waals surface area contributed by atoms with E-state index in [4.69, 9.17) is 15.5 Å². The Hall–Kier alpha value is -3.91. The molecule has 3 aromatic rings. The number of ether oxygens (including phenoxy) is 1. The van der Waals surface area contributed by atoms with Gasteiger partial charge in [0.05, 0.1) is 18.8 Å². The topological polar surface area (TPSA) is 110 Å². The Morgan fingerprint density at radius 3 is 2.42 bits per heavy atom. The van der Waals surface area contributed by atoms with Crippen LogP contribution in [0, 0.1) is 12.8 Å². The van der Waals surface area contributed by atoms with Gasteiger partial charge in [-0.3, -0.25) is 14.6 Å². The van der Waals surface area contributed by atoms with E-state index in [0.717, 1.165) is 53.2 Å². The molecule has 2 heterocycles. The molecule has 40 heavy (non-hydrogen) atoms. The number of nitrogens with one attached hydrogen (secondary N) is 2. The molecule has 2 fully saturated rings. The van der Waals surface area contributed by atoms with E-state index >= 15 is 0 Å². The van der Waals surface area contributed by atoms with E-state index in [2.05, 4.69) is 21.6 Å². The van der Waals surface area contributed by atoms with Crippen molar-refractivity contribution in [3.05, 3.63) is 77.6 Å². The summed E-state index contributed by atoms with van der Waals surface area (Å²) in [5.74, 6) is 0.413. The van der Waals surface area contributed by atoms with Gasteiger partial charge in [0.15, 0.2) is 0 Å². The lowest BCUT2D eigenvalue weighted by Crippen LogP contribution is -2.47. The third-order valence-corrected chi connectivity index (χ3v) is 8.11. The summed E-state index contributed by atoms with van der Waals surface area (Å²) in [5, 5.41) is 6.08. The molecule has 210 valence electrons. The van der Waals surface area contributed by atoms with Gasteiger partial charge in [0.1, 0.15) is 6.04 Å². The molecule has 1 saturated heterocycles. The maximum atomic E-state index is 13.2. The van der Waals surface area contributed by atoms with Crippen LogP contribution in [0.15, 0.2) is 60.7 Å². The second-order valence-corrected chi connectivity index (χ2v) is 10.9. The van der Waals surface area contributed by atoms with E-state index in [-0.39, 0.29) is 17.9 Å². The number of benzene rings is 2. The minimum absolute atomic E-state index is 0.0539. The minimum Gasteiger partial charge on any atom is -0.399 e. The highest BCUT2D eigenvalue weighted by atomic mass is 16.5. The molecule has 8 heteroatoms. The van der Waals surface area contributed by atoms with Gasteiger partial charge in [-0.25, -0.2) is 0 Å². The molecule has 2 amide bonds.